The van der Waals surface area contributed by atoms with Gasteiger partial charge in [0.1, 0.15) is 5.37 Å². The first-order valence-corrected chi connectivity index (χ1v) is 8.37. The van der Waals surface area contributed by atoms with Gasteiger partial charge in [0.05, 0.1) is 0 Å². The van der Waals surface area contributed by atoms with Crippen LogP contribution in [0.3, 0.4) is 0 Å². The largest absolute Gasteiger partial charge is 0.381 e. The summed E-state index contributed by atoms with van der Waals surface area (Å²) in [5.41, 5.74) is 2.51. The third-order valence-electron chi connectivity index (χ3n) is 4.11. The summed E-state index contributed by atoms with van der Waals surface area (Å²) < 4.78 is 5.36. The molecule has 1 amide bonds. The molecule has 2 aliphatic heterocycles. The second kappa shape index (κ2) is 6.19. The van der Waals surface area contributed by atoms with Crippen LogP contribution in [-0.4, -0.2) is 36.3 Å². The normalized spacial score (nSPS) is 24.1. The van der Waals surface area contributed by atoms with Crippen LogP contribution >= 0.6 is 11.8 Å². The molecule has 1 aromatic rings. The monoisotopic (exact) mass is 291 g/mol. The van der Waals surface area contributed by atoms with Gasteiger partial charge in [-0.15, -0.1) is 11.8 Å². The molecule has 0 aliphatic carbocycles. The van der Waals surface area contributed by atoms with Crippen molar-refractivity contribution in [3.8, 4) is 0 Å². The number of hydrogen-bond acceptors (Lipinski definition) is 3. The van der Waals surface area contributed by atoms with Crippen molar-refractivity contribution in [3.05, 3.63) is 35.4 Å². The molecule has 0 aromatic heterocycles. The van der Waals surface area contributed by atoms with Crippen LogP contribution in [0.25, 0.3) is 0 Å². The van der Waals surface area contributed by atoms with E-state index in [0.29, 0.717) is 5.91 Å². The summed E-state index contributed by atoms with van der Waals surface area (Å²) >= 11 is 1.88. The van der Waals surface area contributed by atoms with E-state index in [1.54, 1.807) is 0 Å². The van der Waals surface area contributed by atoms with Crippen LogP contribution in [0.1, 0.15) is 29.3 Å². The number of ether oxygens (including phenoxy) is 1. The topological polar surface area (TPSA) is 29.5 Å². The van der Waals surface area contributed by atoms with Crippen molar-refractivity contribution in [3.63, 3.8) is 0 Å². The molecular formula is C16H21NO2S. The van der Waals surface area contributed by atoms with E-state index in [2.05, 4.69) is 36.1 Å². The summed E-state index contributed by atoms with van der Waals surface area (Å²) in [6.45, 7) is 4.43. The molecule has 2 heterocycles. The van der Waals surface area contributed by atoms with Crippen LogP contribution in [0.2, 0.25) is 0 Å². The second-order valence-corrected chi connectivity index (χ2v) is 6.74. The van der Waals surface area contributed by atoms with E-state index in [-0.39, 0.29) is 11.3 Å². The highest BCUT2D eigenvalue weighted by molar-refractivity contribution is 7.99. The predicted octanol–water partition coefficient (Wildman–Crippen LogP) is 3.00. The lowest BCUT2D eigenvalue weighted by Gasteiger charge is -2.30. The van der Waals surface area contributed by atoms with Gasteiger partial charge in [-0.3, -0.25) is 4.79 Å². The van der Waals surface area contributed by atoms with Crippen LogP contribution in [0, 0.1) is 12.8 Å². The third kappa shape index (κ3) is 2.86. The van der Waals surface area contributed by atoms with Crippen LogP contribution in [0.15, 0.2) is 24.3 Å². The van der Waals surface area contributed by atoms with E-state index >= 15 is 0 Å². The number of amides is 1. The summed E-state index contributed by atoms with van der Waals surface area (Å²) in [4.78, 5) is 14.8. The van der Waals surface area contributed by atoms with Gasteiger partial charge >= 0.3 is 0 Å². The Hall–Kier alpha value is -1.00. The second-order valence-electron chi connectivity index (χ2n) is 5.55. The number of carbonyl (C=O) groups is 1. The van der Waals surface area contributed by atoms with E-state index < -0.39 is 0 Å². The van der Waals surface area contributed by atoms with E-state index in [9.17, 15) is 4.79 Å². The molecule has 0 N–H and O–H groups in total. The Bertz CT molecular complexity index is 468. The zero-order chi connectivity index (χ0) is 13.9. The van der Waals surface area contributed by atoms with Gasteiger partial charge < -0.3 is 9.64 Å². The molecule has 1 atom stereocenters. The minimum atomic E-state index is 0.162. The number of benzene rings is 1. The van der Waals surface area contributed by atoms with Gasteiger partial charge in [0, 0.05) is 31.4 Å². The lowest BCUT2D eigenvalue weighted by Crippen LogP contribution is -2.38. The molecule has 0 radical (unpaired) electrons. The SMILES string of the molecule is Cc1ccc(C2SCCN2C(=O)C2CCOCC2)cc1. The Labute approximate surface area is 124 Å². The van der Waals surface area contributed by atoms with Gasteiger partial charge in [0.25, 0.3) is 0 Å². The van der Waals surface area contributed by atoms with Crippen molar-refractivity contribution in [2.24, 2.45) is 5.92 Å². The van der Waals surface area contributed by atoms with Gasteiger partial charge in [-0.25, -0.2) is 0 Å². The number of nitrogens with zero attached hydrogens (tertiary/aromatic N) is 1. The maximum atomic E-state index is 12.7. The highest BCUT2D eigenvalue weighted by atomic mass is 32.2. The maximum Gasteiger partial charge on any atom is 0.227 e. The molecule has 0 bridgehead atoms. The standard InChI is InChI=1S/C16H21NO2S/c1-12-2-4-14(5-3-12)16-17(8-11-20-16)15(18)13-6-9-19-10-7-13/h2-5,13,16H,6-11H2,1H3. The maximum absolute atomic E-state index is 12.7. The number of aryl methyl sites for hydroxylation is 1. The fourth-order valence-electron chi connectivity index (χ4n) is 2.88. The first-order valence-electron chi connectivity index (χ1n) is 7.32. The molecule has 1 unspecified atom stereocenters. The molecule has 20 heavy (non-hydrogen) atoms. The van der Waals surface area contributed by atoms with Crippen LogP contribution in [0.4, 0.5) is 0 Å². The van der Waals surface area contributed by atoms with Gasteiger partial charge in [-0.1, -0.05) is 29.8 Å². The predicted molar refractivity (Wildman–Crippen MR) is 81.6 cm³/mol. The first kappa shape index (κ1) is 14.0. The van der Waals surface area contributed by atoms with Crippen molar-refractivity contribution in [1.29, 1.82) is 0 Å². The Morgan fingerprint density at radius 1 is 1.25 bits per heavy atom. The van der Waals surface area contributed by atoms with Crippen molar-refractivity contribution >= 4 is 17.7 Å². The average Bonchev–Trinajstić information content (AvgIpc) is 2.97. The number of thioether (sulfide) groups is 1. The van der Waals surface area contributed by atoms with Crippen LogP contribution in [-0.2, 0) is 9.53 Å². The highest BCUT2D eigenvalue weighted by Gasteiger charge is 2.34. The lowest BCUT2D eigenvalue weighted by molar-refractivity contribution is -0.138. The molecular weight excluding hydrogens is 270 g/mol. The van der Waals surface area contributed by atoms with Gasteiger partial charge in [0.2, 0.25) is 5.91 Å². The number of rotatable bonds is 2. The van der Waals surface area contributed by atoms with E-state index in [4.69, 9.17) is 4.74 Å². The highest BCUT2D eigenvalue weighted by Crippen LogP contribution is 2.39. The summed E-state index contributed by atoms with van der Waals surface area (Å²) in [5.74, 6) is 1.52. The zero-order valence-corrected chi connectivity index (χ0v) is 12.7. The molecule has 3 rings (SSSR count). The van der Waals surface area contributed by atoms with Crippen LogP contribution < -0.4 is 0 Å². The van der Waals surface area contributed by atoms with E-state index in [1.807, 2.05) is 11.8 Å². The van der Waals surface area contributed by atoms with Gasteiger partial charge in [-0.05, 0) is 25.3 Å². The summed E-state index contributed by atoms with van der Waals surface area (Å²) in [6, 6.07) is 8.57. The molecule has 1 aromatic carbocycles. The van der Waals surface area contributed by atoms with Crippen molar-refractivity contribution < 1.29 is 9.53 Å². The molecule has 0 saturated carbocycles. The third-order valence-corrected chi connectivity index (χ3v) is 5.37. The Morgan fingerprint density at radius 2 is 1.95 bits per heavy atom. The average molecular weight is 291 g/mol. The Morgan fingerprint density at radius 3 is 2.65 bits per heavy atom. The fourth-order valence-corrected chi connectivity index (χ4v) is 4.15. The van der Waals surface area contributed by atoms with E-state index in [0.717, 1.165) is 38.4 Å². The molecule has 0 spiro atoms. The molecule has 2 aliphatic rings. The smallest absolute Gasteiger partial charge is 0.227 e. The van der Waals surface area contributed by atoms with Crippen molar-refractivity contribution in [1.82, 2.24) is 4.90 Å². The minimum Gasteiger partial charge on any atom is -0.381 e. The number of hydrogen-bond donors (Lipinski definition) is 0. The quantitative estimate of drug-likeness (QED) is 0.839. The first-order chi connectivity index (χ1) is 9.75. The van der Waals surface area contributed by atoms with E-state index in [1.165, 1.54) is 11.1 Å². The zero-order valence-electron chi connectivity index (χ0n) is 11.9. The van der Waals surface area contributed by atoms with Crippen molar-refractivity contribution in [2.45, 2.75) is 25.1 Å². The van der Waals surface area contributed by atoms with Crippen molar-refractivity contribution in [2.75, 3.05) is 25.5 Å². The molecule has 2 fully saturated rings. The Balaban J connectivity index is 1.74. The van der Waals surface area contributed by atoms with Gasteiger partial charge in [0.15, 0.2) is 0 Å². The Kier molecular flexibility index (Phi) is 4.32. The molecule has 108 valence electrons. The fraction of sp³-hybridized carbons (Fsp3) is 0.562. The summed E-state index contributed by atoms with van der Waals surface area (Å²) in [7, 11) is 0. The molecule has 3 nitrogen and oxygen atoms in total. The number of carbonyl (C=O) groups excluding carboxylic acids is 1. The minimum absolute atomic E-state index is 0.162. The molecule has 2 saturated heterocycles. The summed E-state index contributed by atoms with van der Waals surface area (Å²) in [5, 5.41) is 0.200. The summed E-state index contributed by atoms with van der Waals surface area (Å²) in [6.07, 6.45) is 1.75. The van der Waals surface area contributed by atoms with Gasteiger partial charge in [-0.2, -0.15) is 0 Å². The lowest BCUT2D eigenvalue weighted by atomic mass is 9.98. The molecule has 4 heteroatoms. The van der Waals surface area contributed by atoms with Crippen LogP contribution in [0.5, 0.6) is 0 Å².